The molecule has 1 aliphatic heterocycles. The number of hydrogen-bond acceptors (Lipinski definition) is 6. The van der Waals surface area contributed by atoms with Gasteiger partial charge in [-0.05, 0) is 24.1 Å². The third kappa shape index (κ3) is 2.19. The Hall–Kier alpha value is -1.86. The minimum absolute atomic E-state index is 0.0483. The highest BCUT2D eigenvalue weighted by molar-refractivity contribution is 5.45. The zero-order valence-electron chi connectivity index (χ0n) is 10.6. The van der Waals surface area contributed by atoms with Gasteiger partial charge < -0.3 is 19.7 Å². The Balaban J connectivity index is 1.91. The van der Waals surface area contributed by atoms with Crippen molar-refractivity contribution in [1.29, 1.82) is 0 Å². The molecule has 1 fully saturated rings. The number of fused-ring (bicyclic) bond motifs is 1. The summed E-state index contributed by atoms with van der Waals surface area (Å²) in [6.07, 6.45) is -1.88. The van der Waals surface area contributed by atoms with Crippen LogP contribution in [0, 0.1) is 10.1 Å². The smallest absolute Gasteiger partial charge is 0.231 e. The fourth-order valence-corrected chi connectivity index (χ4v) is 2.88. The lowest BCUT2D eigenvalue weighted by molar-refractivity contribution is -0.533. The van der Waals surface area contributed by atoms with Crippen LogP contribution in [0.5, 0.6) is 11.5 Å². The predicted octanol–water partition coefficient (Wildman–Crippen LogP) is 0.660. The van der Waals surface area contributed by atoms with Gasteiger partial charge in [-0.3, -0.25) is 10.1 Å². The Morgan fingerprint density at radius 3 is 2.60 bits per heavy atom. The molecule has 0 unspecified atom stereocenters. The maximum atomic E-state index is 11.2. The van der Waals surface area contributed by atoms with Crippen molar-refractivity contribution in [2.75, 3.05) is 6.79 Å². The van der Waals surface area contributed by atoms with Crippen LogP contribution in [0.4, 0.5) is 0 Å². The van der Waals surface area contributed by atoms with Gasteiger partial charge >= 0.3 is 0 Å². The monoisotopic (exact) mass is 281 g/mol. The normalized spacial score (nSPS) is 32.1. The van der Waals surface area contributed by atoms with Gasteiger partial charge in [-0.1, -0.05) is 6.07 Å². The van der Waals surface area contributed by atoms with E-state index >= 15 is 0 Å². The molecule has 1 aromatic carbocycles. The molecule has 3 rings (SSSR count). The molecule has 7 heteroatoms. The van der Waals surface area contributed by atoms with Gasteiger partial charge in [-0.2, -0.15) is 0 Å². The van der Waals surface area contributed by atoms with E-state index in [0.717, 1.165) is 5.56 Å². The standard InChI is InChI=1S/C13H15NO6/c15-10-4-8(9(14(17)18)5-11(10)16)7-1-2-12-13(3-7)20-6-19-12/h1-3,8-11,15-16H,4-6H2/t8-,9+,10-,11-/m1/s1. The first kappa shape index (κ1) is 13.1. The molecule has 2 N–H and O–H groups in total. The van der Waals surface area contributed by atoms with Crippen molar-refractivity contribution in [1.82, 2.24) is 0 Å². The van der Waals surface area contributed by atoms with Gasteiger partial charge in [0.05, 0.1) is 18.1 Å². The molecule has 1 saturated carbocycles. The fraction of sp³-hybridized carbons (Fsp3) is 0.538. The van der Waals surface area contributed by atoms with Crippen molar-refractivity contribution in [2.24, 2.45) is 0 Å². The van der Waals surface area contributed by atoms with E-state index in [1.807, 2.05) is 0 Å². The van der Waals surface area contributed by atoms with Gasteiger partial charge in [0.25, 0.3) is 0 Å². The van der Waals surface area contributed by atoms with Gasteiger partial charge in [-0.25, -0.2) is 0 Å². The molecular formula is C13H15NO6. The molecule has 1 heterocycles. The van der Waals surface area contributed by atoms with Gasteiger partial charge in [-0.15, -0.1) is 0 Å². The van der Waals surface area contributed by atoms with E-state index in [4.69, 9.17) is 9.47 Å². The second-order valence-corrected chi connectivity index (χ2v) is 5.18. The molecule has 0 saturated heterocycles. The van der Waals surface area contributed by atoms with E-state index in [-0.39, 0.29) is 24.6 Å². The Kier molecular flexibility index (Phi) is 3.23. The summed E-state index contributed by atoms with van der Waals surface area (Å²) >= 11 is 0. The third-order valence-electron chi connectivity index (χ3n) is 3.98. The molecule has 0 spiro atoms. The van der Waals surface area contributed by atoms with E-state index in [0.29, 0.717) is 11.5 Å². The molecule has 7 nitrogen and oxygen atoms in total. The quantitative estimate of drug-likeness (QED) is 0.610. The largest absolute Gasteiger partial charge is 0.454 e. The number of aliphatic hydroxyl groups is 2. The minimum atomic E-state index is -1.05. The predicted molar refractivity (Wildman–Crippen MR) is 67.3 cm³/mol. The first-order valence-electron chi connectivity index (χ1n) is 6.45. The van der Waals surface area contributed by atoms with Gasteiger partial charge in [0.15, 0.2) is 11.5 Å². The summed E-state index contributed by atoms with van der Waals surface area (Å²) in [7, 11) is 0. The second kappa shape index (κ2) is 4.92. The average molecular weight is 281 g/mol. The summed E-state index contributed by atoms with van der Waals surface area (Å²) < 4.78 is 10.5. The van der Waals surface area contributed by atoms with Crippen molar-refractivity contribution in [3.8, 4) is 11.5 Å². The molecule has 1 aromatic rings. The molecule has 0 bridgehead atoms. The molecular weight excluding hydrogens is 266 g/mol. The lowest BCUT2D eigenvalue weighted by atomic mass is 9.77. The molecule has 4 atom stereocenters. The van der Waals surface area contributed by atoms with Gasteiger partial charge in [0.2, 0.25) is 12.8 Å². The summed E-state index contributed by atoms with van der Waals surface area (Å²) in [5.41, 5.74) is 0.724. The summed E-state index contributed by atoms with van der Waals surface area (Å²) in [5.74, 6) is 0.728. The number of rotatable bonds is 2. The Labute approximate surface area is 114 Å². The van der Waals surface area contributed by atoms with Crippen LogP contribution in [-0.4, -0.2) is 40.2 Å². The van der Waals surface area contributed by atoms with Gasteiger partial charge in [0.1, 0.15) is 0 Å². The highest BCUT2D eigenvalue weighted by Crippen LogP contribution is 2.40. The van der Waals surface area contributed by atoms with Crippen LogP contribution in [0.3, 0.4) is 0 Å². The number of benzene rings is 1. The maximum absolute atomic E-state index is 11.2. The maximum Gasteiger partial charge on any atom is 0.231 e. The molecule has 0 amide bonds. The molecule has 0 radical (unpaired) electrons. The first-order valence-corrected chi connectivity index (χ1v) is 6.45. The van der Waals surface area contributed by atoms with Crippen LogP contribution >= 0.6 is 0 Å². The molecule has 108 valence electrons. The molecule has 20 heavy (non-hydrogen) atoms. The molecule has 1 aliphatic carbocycles. The number of nitrogens with zero attached hydrogens (tertiary/aromatic N) is 1. The lowest BCUT2D eigenvalue weighted by Crippen LogP contribution is -2.44. The van der Waals surface area contributed by atoms with Crippen molar-refractivity contribution >= 4 is 0 Å². The lowest BCUT2D eigenvalue weighted by Gasteiger charge is -2.32. The third-order valence-corrected chi connectivity index (χ3v) is 3.98. The van der Waals surface area contributed by atoms with E-state index in [1.54, 1.807) is 18.2 Å². The van der Waals surface area contributed by atoms with E-state index in [9.17, 15) is 20.3 Å². The highest BCUT2D eigenvalue weighted by atomic mass is 16.7. The Morgan fingerprint density at radius 1 is 1.15 bits per heavy atom. The second-order valence-electron chi connectivity index (χ2n) is 5.18. The first-order chi connectivity index (χ1) is 9.56. The number of nitro groups is 1. The summed E-state index contributed by atoms with van der Waals surface area (Å²) in [4.78, 5) is 10.8. The number of aliphatic hydroxyl groups excluding tert-OH is 2. The molecule has 2 aliphatic rings. The fourth-order valence-electron chi connectivity index (χ4n) is 2.88. The minimum Gasteiger partial charge on any atom is -0.454 e. The highest BCUT2D eigenvalue weighted by Gasteiger charge is 2.43. The Bertz CT molecular complexity index is 534. The Morgan fingerprint density at radius 2 is 1.85 bits per heavy atom. The van der Waals surface area contributed by atoms with Crippen molar-refractivity contribution in [3.63, 3.8) is 0 Å². The average Bonchev–Trinajstić information content (AvgIpc) is 2.88. The van der Waals surface area contributed by atoms with Crippen molar-refractivity contribution in [3.05, 3.63) is 33.9 Å². The van der Waals surface area contributed by atoms with Crippen LogP contribution < -0.4 is 9.47 Å². The van der Waals surface area contributed by atoms with E-state index in [1.165, 1.54) is 0 Å². The van der Waals surface area contributed by atoms with E-state index < -0.39 is 24.2 Å². The van der Waals surface area contributed by atoms with Gasteiger partial charge in [0, 0.05) is 11.3 Å². The van der Waals surface area contributed by atoms with Crippen molar-refractivity contribution in [2.45, 2.75) is 37.0 Å². The van der Waals surface area contributed by atoms with Crippen LogP contribution in [0.25, 0.3) is 0 Å². The summed E-state index contributed by atoms with van der Waals surface area (Å²) in [6.45, 7) is 0.142. The zero-order chi connectivity index (χ0) is 14.3. The zero-order valence-corrected chi connectivity index (χ0v) is 10.6. The number of ether oxygens (including phenoxy) is 2. The van der Waals surface area contributed by atoms with Crippen LogP contribution in [0.2, 0.25) is 0 Å². The topological polar surface area (TPSA) is 102 Å². The summed E-state index contributed by atoms with van der Waals surface area (Å²) in [5, 5.41) is 30.6. The van der Waals surface area contributed by atoms with Crippen LogP contribution in [0.1, 0.15) is 24.3 Å². The van der Waals surface area contributed by atoms with Crippen LogP contribution in [-0.2, 0) is 0 Å². The molecule has 0 aromatic heterocycles. The van der Waals surface area contributed by atoms with Crippen LogP contribution in [0.15, 0.2) is 18.2 Å². The summed E-state index contributed by atoms with van der Waals surface area (Å²) in [6, 6.07) is 4.27. The van der Waals surface area contributed by atoms with E-state index in [2.05, 4.69) is 0 Å². The SMILES string of the molecule is O=[N+]([O-])[C@H]1C[C@@H](O)[C@H](O)C[C@@H]1c1ccc2c(c1)OCO2. The van der Waals surface area contributed by atoms with Crippen molar-refractivity contribution < 1.29 is 24.6 Å². The number of hydrogen-bond donors (Lipinski definition) is 2.